The molecule has 82 valence electrons. The van der Waals surface area contributed by atoms with E-state index < -0.39 is 0 Å². The Balaban J connectivity index is 2.39. The Morgan fingerprint density at radius 1 is 1.33 bits per heavy atom. The highest BCUT2D eigenvalue weighted by molar-refractivity contribution is 5.19. The summed E-state index contributed by atoms with van der Waals surface area (Å²) < 4.78 is 0. The summed E-state index contributed by atoms with van der Waals surface area (Å²) in [5.41, 5.74) is 1.99. The van der Waals surface area contributed by atoms with E-state index in [2.05, 4.69) is 15.3 Å². The smallest absolute Gasteiger partial charge is 0.254 e. The minimum atomic E-state index is 0.0622. The molecule has 1 aliphatic carbocycles. The Hall–Kier alpha value is -1.16. The third-order valence-corrected chi connectivity index (χ3v) is 2.83. The molecule has 1 aromatic heterocycles. The van der Waals surface area contributed by atoms with Crippen LogP contribution < -0.4 is 10.9 Å². The molecule has 0 aliphatic heterocycles. The summed E-state index contributed by atoms with van der Waals surface area (Å²) in [5, 5.41) is 3.00. The molecule has 15 heavy (non-hydrogen) atoms. The van der Waals surface area contributed by atoms with Gasteiger partial charge in [0.2, 0.25) is 0 Å². The van der Waals surface area contributed by atoms with Crippen LogP contribution in [0.3, 0.4) is 0 Å². The Labute approximate surface area is 89.1 Å². The highest BCUT2D eigenvalue weighted by Gasteiger charge is 2.13. The van der Waals surface area contributed by atoms with Gasteiger partial charge in [-0.2, -0.15) is 0 Å². The van der Waals surface area contributed by atoms with Gasteiger partial charge in [-0.05, 0) is 32.7 Å². The average Bonchev–Trinajstić information content (AvgIpc) is 2.43. The molecule has 0 atom stereocenters. The van der Waals surface area contributed by atoms with Gasteiger partial charge in [-0.25, -0.2) is 4.98 Å². The quantitative estimate of drug-likeness (QED) is 0.704. The fourth-order valence-electron chi connectivity index (χ4n) is 2.08. The third kappa shape index (κ3) is 2.26. The molecule has 2 N–H and O–H groups in total. The second-order valence-corrected chi connectivity index (χ2v) is 4.03. The molecule has 0 amide bonds. The Morgan fingerprint density at radius 2 is 2.13 bits per heavy atom. The van der Waals surface area contributed by atoms with Crippen LogP contribution in [-0.2, 0) is 19.4 Å². The SMILES string of the molecule is CNCc1nc2c(c(=O)[nH]1)CCCCC2. The van der Waals surface area contributed by atoms with Gasteiger partial charge >= 0.3 is 0 Å². The number of H-pyrrole nitrogens is 1. The highest BCUT2D eigenvalue weighted by Crippen LogP contribution is 2.15. The van der Waals surface area contributed by atoms with Crippen molar-refractivity contribution < 1.29 is 0 Å². The van der Waals surface area contributed by atoms with Crippen molar-refractivity contribution in [1.82, 2.24) is 15.3 Å². The van der Waals surface area contributed by atoms with Gasteiger partial charge in [-0.1, -0.05) is 6.42 Å². The van der Waals surface area contributed by atoms with Crippen LogP contribution in [0.25, 0.3) is 0 Å². The molecule has 0 unspecified atom stereocenters. The molecule has 0 radical (unpaired) electrons. The predicted molar refractivity (Wildman–Crippen MR) is 58.9 cm³/mol. The lowest BCUT2D eigenvalue weighted by atomic mass is 10.1. The van der Waals surface area contributed by atoms with Crippen LogP contribution in [0.4, 0.5) is 0 Å². The van der Waals surface area contributed by atoms with Crippen molar-refractivity contribution in [2.24, 2.45) is 0 Å². The van der Waals surface area contributed by atoms with Crippen LogP contribution in [0.1, 0.15) is 36.3 Å². The monoisotopic (exact) mass is 207 g/mol. The number of aryl methyl sites for hydroxylation is 1. The number of hydrogen-bond donors (Lipinski definition) is 2. The van der Waals surface area contributed by atoms with Gasteiger partial charge in [0.15, 0.2) is 0 Å². The Bertz CT molecular complexity index is 397. The van der Waals surface area contributed by atoms with Crippen molar-refractivity contribution in [3.8, 4) is 0 Å². The first-order valence-corrected chi connectivity index (χ1v) is 5.57. The van der Waals surface area contributed by atoms with Crippen molar-refractivity contribution in [3.63, 3.8) is 0 Å². The fourth-order valence-corrected chi connectivity index (χ4v) is 2.08. The summed E-state index contributed by atoms with van der Waals surface area (Å²) in [4.78, 5) is 19.1. The number of nitrogens with zero attached hydrogens (tertiary/aromatic N) is 1. The van der Waals surface area contributed by atoms with Crippen LogP contribution in [-0.4, -0.2) is 17.0 Å². The molecule has 0 fully saturated rings. The maximum Gasteiger partial charge on any atom is 0.254 e. The number of aromatic nitrogens is 2. The van der Waals surface area contributed by atoms with Gasteiger partial charge in [0.1, 0.15) is 5.82 Å². The van der Waals surface area contributed by atoms with E-state index in [1.807, 2.05) is 7.05 Å². The van der Waals surface area contributed by atoms with Crippen molar-refractivity contribution in [2.75, 3.05) is 7.05 Å². The summed E-state index contributed by atoms with van der Waals surface area (Å²) in [5.74, 6) is 0.753. The molecule has 4 heteroatoms. The second-order valence-electron chi connectivity index (χ2n) is 4.03. The Kier molecular flexibility index (Phi) is 3.16. The molecule has 0 bridgehead atoms. The zero-order valence-corrected chi connectivity index (χ0v) is 9.10. The standard InChI is InChI=1S/C11H17N3O/c1-12-7-10-13-9-6-4-2-3-5-8(9)11(15)14-10/h12H,2-7H2,1H3,(H,13,14,15). The molecule has 2 rings (SSSR count). The van der Waals surface area contributed by atoms with Crippen LogP contribution in [0.15, 0.2) is 4.79 Å². The molecule has 1 aromatic rings. The molecule has 0 saturated heterocycles. The van der Waals surface area contributed by atoms with Crippen molar-refractivity contribution in [2.45, 2.75) is 38.6 Å². The van der Waals surface area contributed by atoms with Crippen molar-refractivity contribution >= 4 is 0 Å². The second kappa shape index (κ2) is 4.57. The van der Waals surface area contributed by atoms with E-state index in [-0.39, 0.29) is 5.56 Å². The number of hydrogen-bond acceptors (Lipinski definition) is 3. The molecule has 4 nitrogen and oxygen atoms in total. The van der Waals surface area contributed by atoms with Crippen molar-refractivity contribution in [3.05, 3.63) is 27.4 Å². The summed E-state index contributed by atoms with van der Waals surface area (Å²) >= 11 is 0. The number of rotatable bonds is 2. The zero-order chi connectivity index (χ0) is 10.7. The van der Waals surface area contributed by atoms with Gasteiger partial charge in [0.25, 0.3) is 5.56 Å². The lowest BCUT2D eigenvalue weighted by Gasteiger charge is -2.06. The topological polar surface area (TPSA) is 57.8 Å². The molecule has 0 spiro atoms. The van der Waals surface area contributed by atoms with E-state index in [4.69, 9.17) is 0 Å². The number of nitrogens with one attached hydrogen (secondary N) is 2. The van der Waals surface area contributed by atoms with Crippen molar-refractivity contribution in [1.29, 1.82) is 0 Å². The maximum absolute atomic E-state index is 11.8. The minimum absolute atomic E-state index is 0.0622. The largest absolute Gasteiger partial charge is 0.313 e. The maximum atomic E-state index is 11.8. The predicted octanol–water partition coefficient (Wildman–Crippen LogP) is 0.758. The van der Waals surface area contributed by atoms with Gasteiger partial charge in [-0.3, -0.25) is 4.79 Å². The fraction of sp³-hybridized carbons (Fsp3) is 0.636. The minimum Gasteiger partial charge on any atom is -0.313 e. The van der Waals surface area contributed by atoms with Crippen LogP contribution in [0, 0.1) is 0 Å². The summed E-state index contributed by atoms with van der Waals surface area (Å²) in [7, 11) is 1.85. The lowest BCUT2D eigenvalue weighted by Crippen LogP contribution is -2.22. The normalized spacial score (nSPS) is 15.8. The molecule has 1 heterocycles. The molecule has 1 aliphatic rings. The first kappa shape index (κ1) is 10.4. The summed E-state index contributed by atoms with van der Waals surface area (Å²) in [6, 6.07) is 0. The van der Waals surface area contributed by atoms with E-state index in [1.54, 1.807) is 0 Å². The van der Waals surface area contributed by atoms with Gasteiger partial charge in [-0.15, -0.1) is 0 Å². The first-order valence-electron chi connectivity index (χ1n) is 5.57. The summed E-state index contributed by atoms with van der Waals surface area (Å²) in [6.07, 6.45) is 5.32. The summed E-state index contributed by atoms with van der Waals surface area (Å²) in [6.45, 7) is 0.628. The van der Waals surface area contributed by atoms with Crippen LogP contribution >= 0.6 is 0 Å². The van der Waals surface area contributed by atoms with E-state index in [9.17, 15) is 4.79 Å². The van der Waals surface area contributed by atoms with Gasteiger partial charge in [0, 0.05) is 5.56 Å². The number of aromatic amines is 1. The lowest BCUT2D eigenvalue weighted by molar-refractivity contribution is 0.705. The van der Waals surface area contributed by atoms with E-state index in [1.165, 1.54) is 6.42 Å². The van der Waals surface area contributed by atoms with Crippen LogP contribution in [0.5, 0.6) is 0 Å². The van der Waals surface area contributed by atoms with E-state index in [0.717, 1.165) is 42.8 Å². The van der Waals surface area contributed by atoms with Crippen LogP contribution in [0.2, 0.25) is 0 Å². The number of fused-ring (bicyclic) bond motifs is 1. The van der Waals surface area contributed by atoms with Gasteiger partial charge < -0.3 is 10.3 Å². The molecular weight excluding hydrogens is 190 g/mol. The van der Waals surface area contributed by atoms with E-state index >= 15 is 0 Å². The third-order valence-electron chi connectivity index (χ3n) is 2.83. The molecular formula is C11H17N3O. The highest BCUT2D eigenvalue weighted by atomic mass is 16.1. The molecule has 0 saturated carbocycles. The zero-order valence-electron chi connectivity index (χ0n) is 9.10. The average molecular weight is 207 g/mol. The molecule has 0 aromatic carbocycles. The van der Waals surface area contributed by atoms with E-state index in [0.29, 0.717) is 6.54 Å². The first-order chi connectivity index (χ1) is 7.31. The van der Waals surface area contributed by atoms with Gasteiger partial charge in [0.05, 0.1) is 12.2 Å². The Morgan fingerprint density at radius 3 is 2.93 bits per heavy atom.